The smallest absolute Gasteiger partial charge is 0.310 e. The van der Waals surface area contributed by atoms with Crippen LogP contribution in [0.25, 0.3) is 0 Å². The lowest BCUT2D eigenvalue weighted by Gasteiger charge is -2.12. The van der Waals surface area contributed by atoms with E-state index in [1.165, 1.54) is 14.2 Å². The average molecular weight is 402 g/mol. The summed E-state index contributed by atoms with van der Waals surface area (Å²) in [6.45, 7) is 4.46. The van der Waals surface area contributed by atoms with Gasteiger partial charge in [0, 0.05) is 11.0 Å². The standard InChI is InChI=1S/C17H24BrNO5/c1-11(2)5-6-19-16(20)10-24-17(21)8-12-7-14(22-3)15(23-4)9-13(12)18/h7,9,11H,5-6,8,10H2,1-4H3,(H,19,20). The number of carbonyl (C=O) groups is 2. The number of carbonyl (C=O) groups excluding carboxylic acids is 2. The Morgan fingerprint density at radius 3 is 2.38 bits per heavy atom. The molecule has 1 aromatic rings. The molecule has 1 N–H and O–H groups in total. The zero-order valence-electron chi connectivity index (χ0n) is 14.5. The Morgan fingerprint density at radius 1 is 1.17 bits per heavy atom. The minimum absolute atomic E-state index is 0.0280. The third-order valence-electron chi connectivity index (χ3n) is 3.30. The van der Waals surface area contributed by atoms with Crippen LogP contribution in [0.5, 0.6) is 11.5 Å². The summed E-state index contributed by atoms with van der Waals surface area (Å²) in [4.78, 5) is 23.5. The highest BCUT2D eigenvalue weighted by Crippen LogP contribution is 2.33. The zero-order valence-corrected chi connectivity index (χ0v) is 16.1. The number of halogens is 1. The average Bonchev–Trinajstić information content (AvgIpc) is 2.54. The number of esters is 1. The van der Waals surface area contributed by atoms with Gasteiger partial charge in [0.05, 0.1) is 20.6 Å². The first-order chi connectivity index (χ1) is 11.4. The second kappa shape index (κ2) is 10.2. The van der Waals surface area contributed by atoms with Crippen LogP contribution in [-0.2, 0) is 20.7 Å². The molecular weight excluding hydrogens is 378 g/mol. The lowest BCUT2D eigenvalue weighted by atomic mass is 10.1. The molecule has 0 aliphatic heterocycles. The molecule has 0 saturated carbocycles. The van der Waals surface area contributed by atoms with Gasteiger partial charge in [-0.2, -0.15) is 0 Å². The molecule has 134 valence electrons. The number of amides is 1. The van der Waals surface area contributed by atoms with Crippen molar-refractivity contribution in [3.63, 3.8) is 0 Å². The van der Waals surface area contributed by atoms with Gasteiger partial charge in [0.25, 0.3) is 5.91 Å². The van der Waals surface area contributed by atoms with Crippen LogP contribution in [0, 0.1) is 5.92 Å². The van der Waals surface area contributed by atoms with Gasteiger partial charge < -0.3 is 19.5 Å². The van der Waals surface area contributed by atoms with Gasteiger partial charge in [-0.25, -0.2) is 0 Å². The Hall–Kier alpha value is -1.76. The summed E-state index contributed by atoms with van der Waals surface area (Å²) in [7, 11) is 3.06. The molecule has 0 heterocycles. The lowest BCUT2D eigenvalue weighted by molar-refractivity contribution is -0.147. The molecule has 0 spiro atoms. The maximum absolute atomic E-state index is 11.9. The Balaban J connectivity index is 2.52. The van der Waals surface area contributed by atoms with E-state index >= 15 is 0 Å². The monoisotopic (exact) mass is 401 g/mol. The van der Waals surface area contributed by atoms with Crippen LogP contribution < -0.4 is 14.8 Å². The van der Waals surface area contributed by atoms with Crippen molar-refractivity contribution in [2.75, 3.05) is 27.4 Å². The van der Waals surface area contributed by atoms with E-state index in [4.69, 9.17) is 14.2 Å². The van der Waals surface area contributed by atoms with Gasteiger partial charge in [0.15, 0.2) is 18.1 Å². The van der Waals surface area contributed by atoms with Crippen LogP contribution in [0.15, 0.2) is 16.6 Å². The SMILES string of the molecule is COc1cc(Br)c(CC(=O)OCC(=O)NCCC(C)C)cc1OC. The second-order valence-corrected chi connectivity index (χ2v) is 6.52. The molecule has 0 fully saturated rings. The highest BCUT2D eigenvalue weighted by atomic mass is 79.9. The molecule has 0 atom stereocenters. The molecule has 0 radical (unpaired) electrons. The first kappa shape index (κ1) is 20.3. The van der Waals surface area contributed by atoms with Gasteiger partial charge in [-0.15, -0.1) is 0 Å². The molecule has 6 nitrogen and oxygen atoms in total. The first-order valence-corrected chi connectivity index (χ1v) is 8.49. The number of ether oxygens (including phenoxy) is 3. The van der Waals surface area contributed by atoms with Gasteiger partial charge >= 0.3 is 5.97 Å². The van der Waals surface area contributed by atoms with E-state index in [1.54, 1.807) is 12.1 Å². The van der Waals surface area contributed by atoms with E-state index < -0.39 is 5.97 Å². The predicted octanol–water partition coefficient (Wildman–Crippen LogP) is 2.71. The van der Waals surface area contributed by atoms with Crippen molar-refractivity contribution in [1.82, 2.24) is 5.32 Å². The fourth-order valence-corrected chi connectivity index (χ4v) is 2.40. The molecule has 7 heteroatoms. The van der Waals surface area contributed by atoms with Gasteiger partial charge in [-0.05, 0) is 30.0 Å². The third kappa shape index (κ3) is 6.78. The zero-order chi connectivity index (χ0) is 18.1. The predicted molar refractivity (Wildman–Crippen MR) is 94.4 cm³/mol. The number of methoxy groups -OCH3 is 2. The molecular formula is C17H24BrNO5. The summed E-state index contributed by atoms with van der Waals surface area (Å²) in [5.74, 6) is 0.813. The Morgan fingerprint density at radius 2 is 1.79 bits per heavy atom. The molecule has 0 aliphatic carbocycles. The second-order valence-electron chi connectivity index (χ2n) is 5.67. The van der Waals surface area contributed by atoms with Crippen molar-refractivity contribution in [2.45, 2.75) is 26.7 Å². The van der Waals surface area contributed by atoms with Gasteiger partial charge in [-0.1, -0.05) is 29.8 Å². The Bertz CT molecular complexity index is 574. The largest absolute Gasteiger partial charge is 0.493 e. The number of rotatable bonds is 9. The van der Waals surface area contributed by atoms with Crippen LogP contribution in [0.2, 0.25) is 0 Å². The van der Waals surface area contributed by atoms with E-state index in [9.17, 15) is 9.59 Å². The summed E-state index contributed by atoms with van der Waals surface area (Å²) in [5.41, 5.74) is 0.692. The summed E-state index contributed by atoms with van der Waals surface area (Å²) >= 11 is 3.38. The minimum Gasteiger partial charge on any atom is -0.493 e. The van der Waals surface area contributed by atoms with Crippen LogP contribution >= 0.6 is 15.9 Å². The summed E-state index contributed by atoms with van der Waals surface area (Å²) in [6, 6.07) is 3.42. The van der Waals surface area contributed by atoms with Crippen LogP contribution in [0.3, 0.4) is 0 Å². The van der Waals surface area contributed by atoms with E-state index in [1.807, 2.05) is 0 Å². The Labute approximate surface area is 151 Å². The number of hydrogen-bond acceptors (Lipinski definition) is 5. The molecule has 1 aromatic carbocycles. The summed E-state index contributed by atoms with van der Waals surface area (Å²) in [6.07, 6.45) is 0.915. The van der Waals surface area contributed by atoms with Crippen molar-refractivity contribution >= 4 is 27.8 Å². The molecule has 1 amide bonds. The van der Waals surface area contributed by atoms with Gasteiger partial charge in [-0.3, -0.25) is 9.59 Å². The van der Waals surface area contributed by atoms with Crippen LogP contribution in [-0.4, -0.2) is 39.2 Å². The van der Waals surface area contributed by atoms with Crippen molar-refractivity contribution in [2.24, 2.45) is 5.92 Å². The molecule has 0 saturated heterocycles. The van der Waals surface area contributed by atoms with Crippen LogP contribution in [0.1, 0.15) is 25.8 Å². The van der Waals surface area contributed by atoms with Crippen LogP contribution in [0.4, 0.5) is 0 Å². The fourth-order valence-electron chi connectivity index (χ4n) is 1.94. The highest BCUT2D eigenvalue weighted by molar-refractivity contribution is 9.10. The minimum atomic E-state index is -0.484. The van der Waals surface area contributed by atoms with E-state index in [0.717, 1.165) is 6.42 Å². The maximum Gasteiger partial charge on any atom is 0.310 e. The van der Waals surface area contributed by atoms with Gasteiger partial charge in [0.2, 0.25) is 0 Å². The maximum atomic E-state index is 11.9. The van der Waals surface area contributed by atoms with Crippen molar-refractivity contribution in [3.05, 3.63) is 22.2 Å². The molecule has 0 aliphatic rings. The van der Waals surface area contributed by atoms with E-state index in [0.29, 0.717) is 34.0 Å². The molecule has 0 bridgehead atoms. The normalized spacial score (nSPS) is 10.4. The van der Waals surface area contributed by atoms with Crippen molar-refractivity contribution in [3.8, 4) is 11.5 Å². The lowest BCUT2D eigenvalue weighted by Crippen LogP contribution is -2.30. The third-order valence-corrected chi connectivity index (χ3v) is 4.03. The van der Waals surface area contributed by atoms with Crippen molar-refractivity contribution < 1.29 is 23.8 Å². The summed E-state index contributed by atoms with van der Waals surface area (Å²) in [5, 5.41) is 2.72. The molecule has 0 unspecified atom stereocenters. The molecule has 1 rings (SSSR count). The topological polar surface area (TPSA) is 73.9 Å². The highest BCUT2D eigenvalue weighted by Gasteiger charge is 2.14. The summed E-state index contributed by atoms with van der Waals surface area (Å²) < 4.78 is 16.1. The quantitative estimate of drug-likeness (QED) is 0.643. The number of benzene rings is 1. The molecule has 0 aromatic heterocycles. The van der Waals surface area contributed by atoms with E-state index in [-0.39, 0.29) is 18.9 Å². The Kier molecular flexibility index (Phi) is 8.60. The number of hydrogen-bond donors (Lipinski definition) is 1. The number of nitrogens with one attached hydrogen (secondary N) is 1. The first-order valence-electron chi connectivity index (χ1n) is 7.70. The van der Waals surface area contributed by atoms with Gasteiger partial charge in [0.1, 0.15) is 0 Å². The molecule has 24 heavy (non-hydrogen) atoms. The van der Waals surface area contributed by atoms with E-state index in [2.05, 4.69) is 35.1 Å². The van der Waals surface area contributed by atoms with Crippen molar-refractivity contribution in [1.29, 1.82) is 0 Å². The fraction of sp³-hybridized carbons (Fsp3) is 0.529.